The minimum absolute atomic E-state index is 0.128. The Hall–Kier alpha value is -1.96. The van der Waals surface area contributed by atoms with E-state index < -0.39 is 29.1 Å². The number of oxazole rings is 1. The van der Waals surface area contributed by atoms with Gasteiger partial charge < -0.3 is 15.3 Å². The van der Waals surface area contributed by atoms with E-state index in [4.69, 9.17) is 10.2 Å². The summed E-state index contributed by atoms with van der Waals surface area (Å²) in [4.78, 5) is 11.9. The summed E-state index contributed by atoms with van der Waals surface area (Å²) in [5.41, 5.74) is 2.82. The van der Waals surface area contributed by atoms with Crippen molar-refractivity contribution >= 4 is 16.8 Å². The molecule has 1 aromatic heterocycles. The molecule has 0 unspecified atom stereocenters. The zero-order valence-corrected chi connectivity index (χ0v) is 11.1. The highest BCUT2D eigenvalue weighted by molar-refractivity contribution is 5.81. The maximum absolute atomic E-state index is 13.2. The molecule has 0 spiro atoms. The standard InChI is InChI=1S/C13H13F3N2O3/c1-12(20)4-7(5-12)18-10-8(13(14,15)16)2-6(17)3-9(10)21-11(18)19/h2-3,7,20H,4-5,17H2,1H3. The number of nitrogens with two attached hydrogens (primary N) is 1. The van der Waals surface area contributed by atoms with E-state index in [9.17, 15) is 23.1 Å². The van der Waals surface area contributed by atoms with Gasteiger partial charge >= 0.3 is 11.9 Å². The van der Waals surface area contributed by atoms with Gasteiger partial charge in [-0.3, -0.25) is 4.57 Å². The van der Waals surface area contributed by atoms with Crippen LogP contribution in [-0.4, -0.2) is 15.3 Å². The maximum atomic E-state index is 13.2. The molecule has 0 amide bonds. The van der Waals surface area contributed by atoms with E-state index in [-0.39, 0.29) is 29.6 Å². The number of aromatic nitrogens is 1. The maximum Gasteiger partial charge on any atom is 0.420 e. The number of alkyl halides is 3. The predicted molar refractivity (Wildman–Crippen MR) is 68.8 cm³/mol. The second kappa shape index (κ2) is 4.03. The molecule has 3 rings (SSSR count). The lowest BCUT2D eigenvalue weighted by Crippen LogP contribution is -2.44. The van der Waals surface area contributed by atoms with Gasteiger partial charge in [0.2, 0.25) is 0 Å². The monoisotopic (exact) mass is 302 g/mol. The van der Waals surface area contributed by atoms with E-state index in [0.29, 0.717) is 0 Å². The third-order valence-corrected chi connectivity index (χ3v) is 3.75. The molecule has 1 heterocycles. The number of nitrogen functional groups attached to an aromatic ring is 1. The Kier molecular flexibility index (Phi) is 2.69. The Morgan fingerprint density at radius 3 is 2.57 bits per heavy atom. The van der Waals surface area contributed by atoms with Gasteiger partial charge in [0.1, 0.15) is 5.52 Å². The van der Waals surface area contributed by atoms with E-state index in [2.05, 4.69) is 0 Å². The first kappa shape index (κ1) is 14.0. The van der Waals surface area contributed by atoms with E-state index in [1.807, 2.05) is 0 Å². The Bertz CT molecular complexity index is 765. The van der Waals surface area contributed by atoms with Crippen LogP contribution in [0.4, 0.5) is 18.9 Å². The number of nitrogens with zero attached hydrogens (tertiary/aromatic N) is 1. The van der Waals surface area contributed by atoms with Crippen molar-refractivity contribution in [1.29, 1.82) is 0 Å². The van der Waals surface area contributed by atoms with Crippen molar-refractivity contribution in [2.75, 3.05) is 5.73 Å². The number of halogens is 3. The summed E-state index contributed by atoms with van der Waals surface area (Å²) >= 11 is 0. The molecule has 0 atom stereocenters. The van der Waals surface area contributed by atoms with Crippen molar-refractivity contribution in [2.45, 2.75) is 37.6 Å². The van der Waals surface area contributed by atoms with Crippen molar-refractivity contribution in [3.8, 4) is 0 Å². The van der Waals surface area contributed by atoms with Gasteiger partial charge in [-0.15, -0.1) is 0 Å². The molecule has 8 heteroatoms. The summed E-state index contributed by atoms with van der Waals surface area (Å²) in [7, 11) is 0. The Balaban J connectivity index is 2.26. The summed E-state index contributed by atoms with van der Waals surface area (Å²) in [6.07, 6.45) is -4.26. The van der Waals surface area contributed by atoms with Gasteiger partial charge in [-0.25, -0.2) is 4.79 Å². The van der Waals surface area contributed by atoms with Crippen LogP contribution in [0.2, 0.25) is 0 Å². The Morgan fingerprint density at radius 2 is 2.05 bits per heavy atom. The highest BCUT2D eigenvalue weighted by atomic mass is 19.4. The Morgan fingerprint density at radius 1 is 1.43 bits per heavy atom. The minimum Gasteiger partial charge on any atom is -0.408 e. The zero-order valence-electron chi connectivity index (χ0n) is 11.1. The predicted octanol–water partition coefficient (Wildman–Crippen LogP) is 2.28. The van der Waals surface area contributed by atoms with Crippen LogP contribution < -0.4 is 11.5 Å². The molecule has 114 valence electrons. The van der Waals surface area contributed by atoms with Crippen LogP contribution in [0.5, 0.6) is 0 Å². The van der Waals surface area contributed by atoms with Crippen LogP contribution in [0.3, 0.4) is 0 Å². The molecule has 3 N–H and O–H groups in total. The summed E-state index contributed by atoms with van der Waals surface area (Å²) in [5.74, 6) is -0.874. The van der Waals surface area contributed by atoms with Gasteiger partial charge in [-0.1, -0.05) is 0 Å². The molecule has 0 saturated heterocycles. The van der Waals surface area contributed by atoms with Crippen LogP contribution in [0, 0.1) is 0 Å². The number of fused-ring (bicyclic) bond motifs is 1. The van der Waals surface area contributed by atoms with Crippen molar-refractivity contribution in [2.24, 2.45) is 0 Å². The van der Waals surface area contributed by atoms with Crippen molar-refractivity contribution in [3.05, 3.63) is 28.2 Å². The van der Waals surface area contributed by atoms with E-state index in [0.717, 1.165) is 10.6 Å². The zero-order chi connectivity index (χ0) is 15.6. The second-order valence-corrected chi connectivity index (χ2v) is 5.71. The molecule has 1 fully saturated rings. The Labute approximate surface area is 116 Å². The number of anilines is 1. The fourth-order valence-corrected chi connectivity index (χ4v) is 2.88. The average molecular weight is 302 g/mol. The van der Waals surface area contributed by atoms with E-state index >= 15 is 0 Å². The third kappa shape index (κ3) is 2.19. The largest absolute Gasteiger partial charge is 0.420 e. The van der Waals surface area contributed by atoms with Gasteiger partial charge in [0.15, 0.2) is 5.58 Å². The van der Waals surface area contributed by atoms with Gasteiger partial charge in [-0.2, -0.15) is 13.2 Å². The lowest BCUT2D eigenvalue weighted by Gasteiger charge is -2.41. The smallest absolute Gasteiger partial charge is 0.408 e. The normalized spacial score (nSPS) is 26.0. The molecule has 0 bridgehead atoms. The third-order valence-electron chi connectivity index (χ3n) is 3.75. The SMILES string of the molecule is CC1(O)CC(n2c(=O)oc3cc(N)cc(C(F)(F)F)c32)C1. The molecule has 0 aliphatic heterocycles. The number of aliphatic hydroxyl groups is 1. The van der Waals surface area contributed by atoms with Crippen LogP contribution in [0.1, 0.15) is 31.4 Å². The van der Waals surface area contributed by atoms with Gasteiger partial charge in [0.25, 0.3) is 0 Å². The van der Waals surface area contributed by atoms with Gasteiger partial charge in [0, 0.05) is 17.8 Å². The molecule has 1 aliphatic rings. The number of benzene rings is 1. The van der Waals surface area contributed by atoms with Gasteiger partial charge in [0.05, 0.1) is 11.2 Å². The van der Waals surface area contributed by atoms with Crippen molar-refractivity contribution in [3.63, 3.8) is 0 Å². The molecule has 5 nitrogen and oxygen atoms in total. The highest BCUT2D eigenvalue weighted by Gasteiger charge is 2.43. The van der Waals surface area contributed by atoms with E-state index in [1.165, 1.54) is 6.07 Å². The van der Waals surface area contributed by atoms with Crippen LogP contribution in [-0.2, 0) is 6.18 Å². The molecular weight excluding hydrogens is 289 g/mol. The molecule has 0 radical (unpaired) electrons. The highest BCUT2D eigenvalue weighted by Crippen LogP contribution is 2.44. The number of hydrogen-bond donors (Lipinski definition) is 2. The molecular formula is C13H13F3N2O3. The molecule has 1 aromatic carbocycles. The van der Waals surface area contributed by atoms with Crippen LogP contribution in [0.15, 0.2) is 21.3 Å². The van der Waals surface area contributed by atoms with Gasteiger partial charge in [-0.05, 0) is 25.8 Å². The molecule has 1 saturated carbocycles. The van der Waals surface area contributed by atoms with Crippen molar-refractivity contribution in [1.82, 2.24) is 4.57 Å². The first-order valence-corrected chi connectivity index (χ1v) is 6.33. The first-order valence-electron chi connectivity index (χ1n) is 6.33. The topological polar surface area (TPSA) is 81.4 Å². The summed E-state index contributed by atoms with van der Waals surface area (Å²) < 4.78 is 45.3. The van der Waals surface area contributed by atoms with Crippen LogP contribution >= 0.6 is 0 Å². The minimum atomic E-state index is -4.65. The molecule has 1 aliphatic carbocycles. The molecule has 2 aromatic rings. The first-order chi connectivity index (χ1) is 9.58. The summed E-state index contributed by atoms with van der Waals surface area (Å²) in [5, 5.41) is 9.73. The number of rotatable bonds is 1. The quantitative estimate of drug-likeness (QED) is 0.792. The fourth-order valence-electron chi connectivity index (χ4n) is 2.88. The number of hydrogen-bond acceptors (Lipinski definition) is 4. The molecule has 21 heavy (non-hydrogen) atoms. The summed E-state index contributed by atoms with van der Waals surface area (Å²) in [6, 6.07) is 1.46. The van der Waals surface area contributed by atoms with Crippen molar-refractivity contribution < 1.29 is 22.7 Å². The van der Waals surface area contributed by atoms with E-state index in [1.54, 1.807) is 6.92 Å². The average Bonchev–Trinajstić information content (AvgIpc) is 2.58. The fraction of sp³-hybridized carbons (Fsp3) is 0.462. The summed E-state index contributed by atoms with van der Waals surface area (Å²) in [6.45, 7) is 1.57. The lowest BCUT2D eigenvalue weighted by molar-refractivity contribution is -0.136. The lowest BCUT2D eigenvalue weighted by atomic mass is 9.77. The van der Waals surface area contributed by atoms with Crippen LogP contribution in [0.25, 0.3) is 11.1 Å². The second-order valence-electron chi connectivity index (χ2n) is 5.71.